The average molecular weight is 588 g/mol. The Morgan fingerprint density at radius 1 is 1.08 bits per heavy atom. The molecule has 1 amide bonds. The maximum absolute atomic E-state index is 12.0. The minimum absolute atomic E-state index is 0.0777. The topological polar surface area (TPSA) is 79.6 Å². The highest BCUT2D eigenvalue weighted by Crippen LogP contribution is 2.44. The summed E-state index contributed by atoms with van der Waals surface area (Å²) in [5.74, 6) is 0.979. The molecule has 0 spiro atoms. The number of nitrogens with one attached hydrogen (secondary N) is 2. The fourth-order valence-corrected chi connectivity index (χ4v) is 5.18. The molecule has 38 heavy (non-hydrogen) atoms. The quantitative estimate of drug-likeness (QED) is 0.224. The molecule has 0 bridgehead atoms. The van der Waals surface area contributed by atoms with Crippen molar-refractivity contribution in [1.29, 1.82) is 0 Å². The first kappa shape index (κ1) is 26.5. The largest absolute Gasteiger partial charge is 0.459 e. The van der Waals surface area contributed by atoms with Gasteiger partial charge in [-0.05, 0) is 72.9 Å². The van der Waals surface area contributed by atoms with Crippen LogP contribution in [0.4, 0.5) is 11.4 Å². The minimum atomic E-state index is -0.390. The Kier molecular flexibility index (Phi) is 7.88. The van der Waals surface area contributed by atoms with Crippen molar-refractivity contribution in [3.05, 3.63) is 99.4 Å². The lowest BCUT2D eigenvalue weighted by atomic mass is 10.0. The van der Waals surface area contributed by atoms with E-state index in [1.165, 1.54) is 7.11 Å². The zero-order chi connectivity index (χ0) is 26.8. The van der Waals surface area contributed by atoms with Crippen LogP contribution in [0.3, 0.4) is 0 Å². The number of aromatic nitrogens is 1. The van der Waals surface area contributed by atoms with Crippen molar-refractivity contribution >= 4 is 69.4 Å². The molecule has 2 N–H and O–H groups in total. The Hall–Kier alpha value is -3.14. The normalized spacial score (nSPS) is 16.9. The van der Waals surface area contributed by atoms with Gasteiger partial charge in [0.05, 0.1) is 32.5 Å². The number of carbonyl (C=O) groups excluding carboxylic acids is 1. The van der Waals surface area contributed by atoms with Crippen LogP contribution in [0.2, 0.25) is 15.1 Å². The van der Waals surface area contributed by atoms with E-state index in [2.05, 4.69) is 15.6 Å². The van der Waals surface area contributed by atoms with Crippen molar-refractivity contribution in [3.8, 4) is 11.3 Å². The van der Waals surface area contributed by atoms with Crippen LogP contribution < -0.4 is 15.5 Å². The van der Waals surface area contributed by atoms with E-state index in [-0.39, 0.29) is 24.6 Å². The van der Waals surface area contributed by atoms with Crippen LogP contribution in [0.1, 0.15) is 23.5 Å². The van der Waals surface area contributed by atoms with E-state index in [9.17, 15) is 4.79 Å². The Morgan fingerprint density at radius 2 is 1.92 bits per heavy atom. The molecule has 0 aliphatic carbocycles. The molecule has 0 unspecified atom stereocenters. The fourth-order valence-electron chi connectivity index (χ4n) is 4.31. The van der Waals surface area contributed by atoms with Crippen molar-refractivity contribution < 1.29 is 13.9 Å². The number of methoxy groups -OCH3 is 1. The molecule has 1 fully saturated rings. The highest BCUT2D eigenvalue weighted by molar-refractivity contribution is 7.80. The van der Waals surface area contributed by atoms with E-state index >= 15 is 0 Å². The van der Waals surface area contributed by atoms with Gasteiger partial charge in [0.1, 0.15) is 24.2 Å². The van der Waals surface area contributed by atoms with Crippen LogP contribution in [0.25, 0.3) is 11.3 Å². The molecule has 2 aromatic heterocycles. The van der Waals surface area contributed by atoms with Gasteiger partial charge in [-0.15, -0.1) is 0 Å². The van der Waals surface area contributed by atoms with Gasteiger partial charge in [0.15, 0.2) is 5.11 Å². The Bertz CT molecular complexity index is 1500. The van der Waals surface area contributed by atoms with Crippen LogP contribution in [0.15, 0.2) is 77.3 Å². The van der Waals surface area contributed by atoms with Crippen molar-refractivity contribution in [2.24, 2.45) is 0 Å². The van der Waals surface area contributed by atoms with Crippen LogP contribution in [0, 0.1) is 0 Å². The molecule has 0 radical (unpaired) electrons. The van der Waals surface area contributed by atoms with Gasteiger partial charge in [-0.1, -0.05) is 40.9 Å². The molecule has 1 saturated heterocycles. The number of nitrogens with zero attached hydrogens (tertiary/aromatic N) is 2. The van der Waals surface area contributed by atoms with Gasteiger partial charge in [0.2, 0.25) is 5.91 Å². The summed E-state index contributed by atoms with van der Waals surface area (Å²) in [6.45, 7) is -0.0777. The number of ether oxygens (including phenoxy) is 1. The number of amides is 1. The van der Waals surface area contributed by atoms with Crippen molar-refractivity contribution in [3.63, 3.8) is 0 Å². The molecule has 11 heteroatoms. The molecule has 2 aromatic carbocycles. The summed E-state index contributed by atoms with van der Waals surface area (Å²) in [6.07, 6.45) is 1.73. The fraction of sp³-hybridized carbons (Fsp3) is 0.148. The summed E-state index contributed by atoms with van der Waals surface area (Å²) in [5.41, 5.74) is 2.77. The number of thiocarbonyl (C=S) groups is 1. The predicted octanol–water partition coefficient (Wildman–Crippen LogP) is 7.06. The Morgan fingerprint density at radius 3 is 2.63 bits per heavy atom. The molecule has 194 valence electrons. The lowest BCUT2D eigenvalue weighted by Crippen LogP contribution is -2.29. The van der Waals surface area contributed by atoms with Gasteiger partial charge >= 0.3 is 0 Å². The number of hydrogen-bond acceptors (Lipinski definition) is 5. The molecular formula is C27H21Cl3N4O3S. The third kappa shape index (κ3) is 5.36. The van der Waals surface area contributed by atoms with Gasteiger partial charge in [0.25, 0.3) is 0 Å². The summed E-state index contributed by atoms with van der Waals surface area (Å²) >= 11 is 24.7. The maximum Gasteiger partial charge on any atom is 0.250 e. The van der Waals surface area contributed by atoms with Gasteiger partial charge < -0.3 is 24.7 Å². The highest BCUT2D eigenvalue weighted by atomic mass is 35.5. The predicted molar refractivity (Wildman–Crippen MR) is 154 cm³/mol. The third-order valence-corrected chi connectivity index (χ3v) is 7.37. The summed E-state index contributed by atoms with van der Waals surface area (Å²) in [4.78, 5) is 18.5. The highest BCUT2D eigenvalue weighted by Gasteiger charge is 2.42. The summed E-state index contributed by atoms with van der Waals surface area (Å²) in [5, 5.41) is 7.85. The van der Waals surface area contributed by atoms with E-state index in [4.69, 9.17) is 56.2 Å². The van der Waals surface area contributed by atoms with E-state index < -0.39 is 0 Å². The molecular weight excluding hydrogens is 567 g/mol. The van der Waals surface area contributed by atoms with E-state index in [0.717, 1.165) is 11.3 Å². The molecule has 1 aliphatic rings. The number of halogens is 3. The number of carbonyl (C=O) groups is 1. The third-order valence-electron chi connectivity index (χ3n) is 6.00. The first-order valence-electron chi connectivity index (χ1n) is 11.5. The maximum atomic E-state index is 12.0. The van der Waals surface area contributed by atoms with E-state index in [1.807, 2.05) is 47.4 Å². The second kappa shape index (κ2) is 11.3. The lowest BCUT2D eigenvalue weighted by Gasteiger charge is -2.26. The Balaban J connectivity index is 1.54. The number of anilines is 2. The van der Waals surface area contributed by atoms with Crippen LogP contribution in [-0.4, -0.2) is 29.7 Å². The second-order valence-corrected chi connectivity index (χ2v) is 10.1. The van der Waals surface area contributed by atoms with E-state index in [1.54, 1.807) is 30.5 Å². The van der Waals surface area contributed by atoms with Crippen molar-refractivity contribution in [2.75, 3.05) is 23.9 Å². The molecule has 5 rings (SSSR count). The lowest BCUT2D eigenvalue weighted by molar-refractivity contribution is -0.119. The number of rotatable bonds is 7. The SMILES string of the molecule is COCC(=O)Nc1ccc(N2C(=S)N[C@H](c3ccccn3)[C@@H]2c2ccc(-c3ccc(Cl)c(Cl)c3)o2)cc1Cl. The Labute approximate surface area is 239 Å². The molecule has 4 aromatic rings. The average Bonchev–Trinajstić information content (AvgIpc) is 3.52. The number of furan rings is 1. The summed E-state index contributed by atoms with van der Waals surface area (Å²) in [7, 11) is 1.45. The summed E-state index contributed by atoms with van der Waals surface area (Å²) in [6, 6.07) is 19.4. The standard InChI is InChI=1S/C27H21Cl3N4O3S/c1-36-14-24(35)32-20-8-6-16(13-19(20)30)34-26(25(33-27(34)38)21-4-2-3-11-31-21)23-10-9-22(37-23)15-5-7-17(28)18(29)12-15/h2-13,25-26H,14H2,1H3,(H,32,35)(H,33,38)/t25-,26+/m1/s1. The zero-order valence-corrected chi connectivity index (χ0v) is 23.0. The second-order valence-electron chi connectivity index (χ2n) is 8.47. The van der Waals surface area contributed by atoms with Crippen molar-refractivity contribution in [1.82, 2.24) is 10.3 Å². The molecule has 0 saturated carbocycles. The van der Waals surface area contributed by atoms with Crippen LogP contribution in [-0.2, 0) is 9.53 Å². The molecule has 1 aliphatic heterocycles. The molecule has 7 nitrogen and oxygen atoms in total. The number of benzene rings is 2. The first-order valence-corrected chi connectivity index (χ1v) is 13.0. The molecule has 2 atom stereocenters. The van der Waals surface area contributed by atoms with E-state index in [0.29, 0.717) is 43.1 Å². The number of pyridine rings is 1. The summed E-state index contributed by atoms with van der Waals surface area (Å²) < 4.78 is 11.2. The van der Waals surface area contributed by atoms with Gasteiger partial charge in [-0.3, -0.25) is 9.78 Å². The monoisotopic (exact) mass is 586 g/mol. The number of hydrogen-bond donors (Lipinski definition) is 2. The van der Waals surface area contributed by atoms with Crippen LogP contribution in [0.5, 0.6) is 0 Å². The van der Waals surface area contributed by atoms with Gasteiger partial charge in [0, 0.05) is 24.6 Å². The minimum Gasteiger partial charge on any atom is -0.459 e. The first-order chi connectivity index (χ1) is 18.4. The van der Waals surface area contributed by atoms with Crippen LogP contribution >= 0.6 is 47.0 Å². The smallest absolute Gasteiger partial charge is 0.250 e. The zero-order valence-electron chi connectivity index (χ0n) is 20.0. The van der Waals surface area contributed by atoms with Gasteiger partial charge in [-0.25, -0.2) is 0 Å². The molecule has 3 heterocycles. The van der Waals surface area contributed by atoms with Crippen molar-refractivity contribution in [2.45, 2.75) is 12.1 Å². The van der Waals surface area contributed by atoms with Gasteiger partial charge in [-0.2, -0.15) is 0 Å².